The molecule has 0 saturated heterocycles. The van der Waals surface area contributed by atoms with Crippen molar-refractivity contribution in [1.29, 1.82) is 0 Å². The molecule has 2 atom stereocenters. The molecule has 1 aliphatic carbocycles. The van der Waals surface area contributed by atoms with Crippen molar-refractivity contribution in [3.63, 3.8) is 0 Å². The lowest BCUT2D eigenvalue weighted by atomic mass is 9.87. The number of hydrogen-bond acceptors (Lipinski definition) is 6. The minimum absolute atomic E-state index is 0.141. The van der Waals surface area contributed by atoms with E-state index in [2.05, 4.69) is 27.6 Å². The standard InChI is InChI=1S/C13H23N5O/c1-2-11-12(16-8-17-13(11)18-14)15-7-9-4-3-5-10(19)6-9/h8-10,19H,2-7,14H2,1H3,(H2,15,16,17,18). The summed E-state index contributed by atoms with van der Waals surface area (Å²) in [5.41, 5.74) is 3.60. The summed E-state index contributed by atoms with van der Waals surface area (Å²) in [5.74, 6) is 7.47. The number of rotatable bonds is 5. The summed E-state index contributed by atoms with van der Waals surface area (Å²) in [7, 11) is 0. The van der Waals surface area contributed by atoms with Gasteiger partial charge >= 0.3 is 0 Å². The number of nitrogen functional groups attached to an aromatic ring is 1. The van der Waals surface area contributed by atoms with E-state index in [4.69, 9.17) is 5.84 Å². The molecule has 2 rings (SSSR count). The van der Waals surface area contributed by atoms with E-state index in [0.29, 0.717) is 11.7 Å². The molecule has 0 aliphatic heterocycles. The maximum absolute atomic E-state index is 9.68. The molecule has 1 aromatic rings. The van der Waals surface area contributed by atoms with Crippen LogP contribution in [0.3, 0.4) is 0 Å². The molecule has 2 unspecified atom stereocenters. The number of nitrogens with one attached hydrogen (secondary N) is 2. The number of aliphatic hydroxyl groups excluding tert-OH is 1. The lowest BCUT2D eigenvalue weighted by molar-refractivity contribution is 0.104. The van der Waals surface area contributed by atoms with Crippen molar-refractivity contribution in [2.24, 2.45) is 11.8 Å². The summed E-state index contributed by atoms with van der Waals surface area (Å²) in [4.78, 5) is 8.39. The minimum atomic E-state index is -0.141. The van der Waals surface area contributed by atoms with Crippen molar-refractivity contribution in [3.8, 4) is 0 Å². The first kappa shape index (κ1) is 14.0. The topological polar surface area (TPSA) is 96.1 Å². The van der Waals surface area contributed by atoms with Crippen LogP contribution in [-0.2, 0) is 6.42 Å². The maximum atomic E-state index is 9.68. The molecule has 19 heavy (non-hydrogen) atoms. The molecule has 6 heteroatoms. The SMILES string of the molecule is CCc1c(NN)ncnc1NCC1CCCC(O)C1. The molecule has 106 valence electrons. The van der Waals surface area contributed by atoms with Crippen LogP contribution in [0.4, 0.5) is 11.6 Å². The van der Waals surface area contributed by atoms with Crippen LogP contribution in [0.2, 0.25) is 0 Å². The first-order valence-corrected chi connectivity index (χ1v) is 6.97. The third kappa shape index (κ3) is 3.54. The molecule has 0 spiro atoms. The average Bonchev–Trinajstić information content (AvgIpc) is 2.44. The fourth-order valence-corrected chi connectivity index (χ4v) is 2.71. The Labute approximate surface area is 113 Å². The van der Waals surface area contributed by atoms with E-state index in [-0.39, 0.29) is 6.10 Å². The van der Waals surface area contributed by atoms with Gasteiger partial charge in [-0.05, 0) is 31.6 Å². The largest absolute Gasteiger partial charge is 0.393 e. The highest BCUT2D eigenvalue weighted by Gasteiger charge is 2.20. The molecule has 5 N–H and O–H groups in total. The normalized spacial score (nSPS) is 23.1. The van der Waals surface area contributed by atoms with E-state index < -0.39 is 0 Å². The van der Waals surface area contributed by atoms with E-state index in [1.807, 2.05) is 0 Å². The summed E-state index contributed by atoms with van der Waals surface area (Å²) >= 11 is 0. The van der Waals surface area contributed by atoms with Crippen molar-refractivity contribution in [2.45, 2.75) is 45.1 Å². The van der Waals surface area contributed by atoms with Crippen LogP contribution < -0.4 is 16.6 Å². The maximum Gasteiger partial charge on any atom is 0.148 e. The Balaban J connectivity index is 1.99. The third-order valence-electron chi connectivity index (χ3n) is 3.75. The van der Waals surface area contributed by atoms with Gasteiger partial charge in [-0.1, -0.05) is 13.3 Å². The van der Waals surface area contributed by atoms with E-state index >= 15 is 0 Å². The number of nitrogens with two attached hydrogens (primary N) is 1. The predicted octanol–water partition coefficient (Wildman–Crippen LogP) is 1.29. The second-order valence-electron chi connectivity index (χ2n) is 5.11. The zero-order valence-corrected chi connectivity index (χ0v) is 11.4. The Kier molecular flexibility index (Phi) is 4.93. The van der Waals surface area contributed by atoms with E-state index in [9.17, 15) is 5.11 Å². The number of anilines is 2. The van der Waals surface area contributed by atoms with Crippen molar-refractivity contribution < 1.29 is 5.11 Å². The highest BCUT2D eigenvalue weighted by atomic mass is 16.3. The minimum Gasteiger partial charge on any atom is -0.393 e. The zero-order valence-electron chi connectivity index (χ0n) is 11.4. The van der Waals surface area contributed by atoms with Gasteiger partial charge in [0.1, 0.15) is 18.0 Å². The second-order valence-corrected chi connectivity index (χ2v) is 5.11. The Hall–Kier alpha value is -1.40. The van der Waals surface area contributed by atoms with Crippen LogP contribution in [0.5, 0.6) is 0 Å². The van der Waals surface area contributed by atoms with Crippen LogP contribution in [0.25, 0.3) is 0 Å². The van der Waals surface area contributed by atoms with Gasteiger partial charge in [-0.2, -0.15) is 0 Å². The van der Waals surface area contributed by atoms with Gasteiger partial charge in [-0.25, -0.2) is 15.8 Å². The lowest BCUT2D eigenvalue weighted by Crippen LogP contribution is -2.25. The van der Waals surface area contributed by atoms with Crippen molar-refractivity contribution in [3.05, 3.63) is 11.9 Å². The zero-order chi connectivity index (χ0) is 13.7. The van der Waals surface area contributed by atoms with Gasteiger partial charge < -0.3 is 15.8 Å². The molecule has 1 aliphatic rings. The van der Waals surface area contributed by atoms with Gasteiger partial charge in [0, 0.05) is 12.1 Å². The quantitative estimate of drug-likeness (QED) is 0.473. The van der Waals surface area contributed by atoms with E-state index in [0.717, 1.165) is 43.6 Å². The van der Waals surface area contributed by atoms with Crippen LogP contribution in [0.15, 0.2) is 6.33 Å². The van der Waals surface area contributed by atoms with Gasteiger partial charge in [-0.15, -0.1) is 0 Å². The summed E-state index contributed by atoms with van der Waals surface area (Å²) in [6.07, 6.45) is 6.26. The second kappa shape index (κ2) is 6.68. The van der Waals surface area contributed by atoms with Gasteiger partial charge in [0.05, 0.1) is 6.10 Å². The van der Waals surface area contributed by atoms with Gasteiger partial charge in [-0.3, -0.25) is 0 Å². The monoisotopic (exact) mass is 265 g/mol. The van der Waals surface area contributed by atoms with Gasteiger partial charge in [0.25, 0.3) is 0 Å². The summed E-state index contributed by atoms with van der Waals surface area (Å²) in [6.45, 7) is 2.89. The summed E-state index contributed by atoms with van der Waals surface area (Å²) in [5, 5.41) is 13.1. The van der Waals surface area contributed by atoms with Crippen LogP contribution in [0, 0.1) is 5.92 Å². The summed E-state index contributed by atoms with van der Waals surface area (Å²) in [6, 6.07) is 0. The number of aromatic nitrogens is 2. The first-order valence-electron chi connectivity index (χ1n) is 6.97. The number of aliphatic hydroxyl groups is 1. The molecule has 1 aromatic heterocycles. The molecule has 0 radical (unpaired) electrons. The first-order chi connectivity index (χ1) is 9.24. The molecule has 0 bridgehead atoms. The predicted molar refractivity (Wildman–Crippen MR) is 75.7 cm³/mol. The molecule has 1 fully saturated rings. The molecule has 1 heterocycles. The smallest absolute Gasteiger partial charge is 0.148 e. The number of hydrazine groups is 1. The van der Waals surface area contributed by atoms with Gasteiger partial charge in [0.2, 0.25) is 0 Å². The van der Waals surface area contributed by atoms with Crippen molar-refractivity contribution in [2.75, 3.05) is 17.3 Å². The van der Waals surface area contributed by atoms with Crippen LogP contribution >= 0.6 is 0 Å². The summed E-state index contributed by atoms with van der Waals surface area (Å²) < 4.78 is 0. The fourth-order valence-electron chi connectivity index (χ4n) is 2.71. The van der Waals surface area contributed by atoms with E-state index in [1.165, 1.54) is 12.7 Å². The number of hydrogen-bond donors (Lipinski definition) is 4. The Morgan fingerprint density at radius 3 is 2.84 bits per heavy atom. The Morgan fingerprint density at radius 2 is 2.16 bits per heavy atom. The molecule has 0 aromatic carbocycles. The van der Waals surface area contributed by atoms with Crippen molar-refractivity contribution >= 4 is 11.6 Å². The lowest BCUT2D eigenvalue weighted by Gasteiger charge is -2.26. The fraction of sp³-hybridized carbons (Fsp3) is 0.692. The van der Waals surface area contributed by atoms with Crippen LogP contribution in [-0.4, -0.2) is 27.7 Å². The molecular weight excluding hydrogens is 242 g/mol. The Bertz CT molecular complexity index is 412. The van der Waals surface area contributed by atoms with E-state index in [1.54, 1.807) is 0 Å². The number of nitrogens with zero attached hydrogens (tertiary/aromatic N) is 2. The van der Waals surface area contributed by atoms with Crippen molar-refractivity contribution in [1.82, 2.24) is 9.97 Å². The molecule has 6 nitrogen and oxygen atoms in total. The Morgan fingerprint density at radius 1 is 1.37 bits per heavy atom. The van der Waals surface area contributed by atoms with Crippen LogP contribution in [0.1, 0.15) is 38.2 Å². The average molecular weight is 265 g/mol. The van der Waals surface area contributed by atoms with Gasteiger partial charge in [0.15, 0.2) is 0 Å². The molecular formula is C13H23N5O. The highest BCUT2D eigenvalue weighted by molar-refractivity contribution is 5.56. The molecule has 0 amide bonds. The molecule has 1 saturated carbocycles. The highest BCUT2D eigenvalue weighted by Crippen LogP contribution is 2.25. The third-order valence-corrected chi connectivity index (χ3v) is 3.75.